The van der Waals surface area contributed by atoms with E-state index in [1.54, 1.807) is 19.1 Å². The van der Waals surface area contributed by atoms with Crippen LogP contribution >= 0.6 is 0 Å². The smallest absolute Gasteiger partial charge is 0.274 e. The molecule has 0 amide bonds. The van der Waals surface area contributed by atoms with E-state index in [1.165, 1.54) is 0 Å². The number of nitrogens with zero attached hydrogens (tertiary/aromatic N) is 1. The molecule has 0 radical (unpaired) electrons. The Balaban J connectivity index is 2.15. The van der Waals surface area contributed by atoms with E-state index in [0.717, 1.165) is 31.6 Å². The van der Waals surface area contributed by atoms with Gasteiger partial charge in [-0.1, -0.05) is 6.07 Å². The maximum atomic E-state index is 10.8. The van der Waals surface area contributed by atoms with Gasteiger partial charge in [0.25, 0.3) is 5.69 Å². The maximum absolute atomic E-state index is 10.8. The quantitative estimate of drug-likeness (QED) is 0.621. The van der Waals surface area contributed by atoms with Crippen molar-refractivity contribution < 1.29 is 4.92 Å². The third kappa shape index (κ3) is 2.74. The van der Waals surface area contributed by atoms with Gasteiger partial charge in [0.05, 0.1) is 4.92 Å². The minimum Gasteiger partial charge on any atom is -0.381 e. The van der Waals surface area contributed by atoms with Crippen molar-refractivity contribution in [1.82, 2.24) is 5.32 Å². The molecule has 5 nitrogen and oxygen atoms in total. The zero-order valence-electron chi connectivity index (χ0n) is 9.90. The first-order chi connectivity index (χ1) is 8.18. The normalized spacial score (nSPS) is 19.9. The van der Waals surface area contributed by atoms with E-state index in [-0.39, 0.29) is 10.6 Å². The molecule has 1 atom stereocenters. The summed E-state index contributed by atoms with van der Waals surface area (Å²) in [5.74, 6) is 0. The fourth-order valence-corrected chi connectivity index (χ4v) is 2.17. The van der Waals surface area contributed by atoms with Crippen LogP contribution in [0.15, 0.2) is 18.2 Å². The third-order valence-electron chi connectivity index (χ3n) is 3.16. The summed E-state index contributed by atoms with van der Waals surface area (Å²) in [5, 5.41) is 17.5. The highest BCUT2D eigenvalue weighted by atomic mass is 16.6. The molecule has 17 heavy (non-hydrogen) atoms. The Bertz CT molecular complexity index is 414. The van der Waals surface area contributed by atoms with Gasteiger partial charge < -0.3 is 10.6 Å². The zero-order chi connectivity index (χ0) is 12.3. The first kappa shape index (κ1) is 11.9. The van der Waals surface area contributed by atoms with E-state index < -0.39 is 0 Å². The van der Waals surface area contributed by atoms with Crippen LogP contribution in [0.2, 0.25) is 0 Å². The Morgan fingerprint density at radius 2 is 2.35 bits per heavy atom. The van der Waals surface area contributed by atoms with Crippen LogP contribution in [0.3, 0.4) is 0 Å². The summed E-state index contributed by atoms with van der Waals surface area (Å²) in [5.41, 5.74) is 1.76. The highest BCUT2D eigenvalue weighted by molar-refractivity contribution is 5.60. The molecule has 0 bridgehead atoms. The molecular formula is C12H17N3O2. The first-order valence-electron chi connectivity index (χ1n) is 5.90. The summed E-state index contributed by atoms with van der Waals surface area (Å²) in [6.45, 7) is 3.77. The summed E-state index contributed by atoms with van der Waals surface area (Å²) in [7, 11) is 0. The largest absolute Gasteiger partial charge is 0.381 e. The summed E-state index contributed by atoms with van der Waals surface area (Å²) in [6.07, 6.45) is 2.25. The van der Waals surface area contributed by atoms with Gasteiger partial charge in [0.1, 0.15) is 0 Å². The molecule has 1 aromatic carbocycles. The summed E-state index contributed by atoms with van der Waals surface area (Å²) < 4.78 is 0. The Kier molecular flexibility index (Phi) is 3.58. The summed E-state index contributed by atoms with van der Waals surface area (Å²) in [6, 6.07) is 5.53. The van der Waals surface area contributed by atoms with Gasteiger partial charge in [-0.3, -0.25) is 10.1 Å². The highest BCUT2D eigenvalue weighted by Crippen LogP contribution is 2.26. The van der Waals surface area contributed by atoms with E-state index in [4.69, 9.17) is 0 Å². The van der Waals surface area contributed by atoms with Gasteiger partial charge in [0.15, 0.2) is 0 Å². The fourth-order valence-electron chi connectivity index (χ4n) is 2.17. The molecule has 1 fully saturated rings. The van der Waals surface area contributed by atoms with Crippen molar-refractivity contribution >= 4 is 11.4 Å². The number of hydrogen-bond donors (Lipinski definition) is 2. The van der Waals surface area contributed by atoms with Crippen LogP contribution in [0, 0.1) is 17.0 Å². The van der Waals surface area contributed by atoms with Gasteiger partial charge in [0.2, 0.25) is 0 Å². The van der Waals surface area contributed by atoms with E-state index in [2.05, 4.69) is 10.6 Å². The van der Waals surface area contributed by atoms with Crippen molar-refractivity contribution in [3.8, 4) is 0 Å². The van der Waals surface area contributed by atoms with Crippen molar-refractivity contribution in [2.45, 2.75) is 25.8 Å². The number of piperidine rings is 1. The molecule has 0 aromatic heterocycles. The van der Waals surface area contributed by atoms with Gasteiger partial charge in [-0.25, -0.2) is 0 Å². The average molecular weight is 235 g/mol. The Morgan fingerprint density at radius 1 is 1.53 bits per heavy atom. The number of benzene rings is 1. The van der Waals surface area contributed by atoms with Crippen molar-refractivity contribution in [3.63, 3.8) is 0 Å². The number of nitro benzene ring substituents is 1. The van der Waals surface area contributed by atoms with Crippen molar-refractivity contribution in [1.29, 1.82) is 0 Å². The SMILES string of the molecule is Cc1c(NC2CCCNC2)cccc1[N+](=O)[O-]. The molecular weight excluding hydrogens is 218 g/mol. The molecule has 1 aromatic rings. The van der Waals surface area contributed by atoms with Gasteiger partial charge in [-0.05, 0) is 32.4 Å². The monoisotopic (exact) mass is 235 g/mol. The molecule has 1 saturated heterocycles. The van der Waals surface area contributed by atoms with Crippen molar-refractivity contribution in [2.75, 3.05) is 18.4 Å². The van der Waals surface area contributed by atoms with Gasteiger partial charge in [-0.15, -0.1) is 0 Å². The number of nitrogens with one attached hydrogen (secondary N) is 2. The minimum atomic E-state index is -0.334. The van der Waals surface area contributed by atoms with Gasteiger partial charge in [-0.2, -0.15) is 0 Å². The van der Waals surface area contributed by atoms with Crippen LogP contribution in [0.5, 0.6) is 0 Å². The molecule has 0 saturated carbocycles. The predicted octanol–water partition coefficient (Wildman–Crippen LogP) is 2.07. The van der Waals surface area contributed by atoms with Crippen LogP contribution in [0.1, 0.15) is 18.4 Å². The lowest BCUT2D eigenvalue weighted by atomic mass is 10.1. The van der Waals surface area contributed by atoms with Crippen LogP contribution < -0.4 is 10.6 Å². The van der Waals surface area contributed by atoms with Crippen LogP contribution in [0.25, 0.3) is 0 Å². The zero-order valence-corrected chi connectivity index (χ0v) is 9.90. The number of anilines is 1. The number of hydrogen-bond acceptors (Lipinski definition) is 4. The van der Waals surface area contributed by atoms with E-state index >= 15 is 0 Å². The van der Waals surface area contributed by atoms with E-state index in [9.17, 15) is 10.1 Å². The lowest BCUT2D eigenvalue weighted by molar-refractivity contribution is -0.385. The van der Waals surface area contributed by atoms with E-state index in [1.807, 2.05) is 6.07 Å². The van der Waals surface area contributed by atoms with E-state index in [0.29, 0.717) is 11.6 Å². The third-order valence-corrected chi connectivity index (χ3v) is 3.16. The molecule has 1 heterocycles. The maximum Gasteiger partial charge on any atom is 0.274 e. The van der Waals surface area contributed by atoms with Crippen molar-refractivity contribution in [3.05, 3.63) is 33.9 Å². The standard InChI is InChI=1S/C12H17N3O2/c1-9-11(5-2-6-12(9)15(16)17)14-10-4-3-7-13-8-10/h2,5-6,10,13-14H,3-4,7-8H2,1H3. The number of rotatable bonds is 3. The Hall–Kier alpha value is -1.62. The van der Waals surface area contributed by atoms with Crippen LogP contribution in [0.4, 0.5) is 11.4 Å². The first-order valence-corrected chi connectivity index (χ1v) is 5.90. The molecule has 2 N–H and O–H groups in total. The van der Waals surface area contributed by atoms with Crippen LogP contribution in [-0.2, 0) is 0 Å². The summed E-state index contributed by atoms with van der Waals surface area (Å²) in [4.78, 5) is 10.5. The fraction of sp³-hybridized carbons (Fsp3) is 0.500. The van der Waals surface area contributed by atoms with Crippen LogP contribution in [-0.4, -0.2) is 24.1 Å². The Morgan fingerprint density at radius 3 is 3.00 bits per heavy atom. The molecule has 2 rings (SSSR count). The lowest BCUT2D eigenvalue weighted by Crippen LogP contribution is -2.38. The molecule has 1 aliphatic rings. The lowest BCUT2D eigenvalue weighted by Gasteiger charge is -2.25. The number of nitro groups is 1. The second-order valence-electron chi connectivity index (χ2n) is 4.39. The Labute approximate surface area is 100 Å². The molecule has 5 heteroatoms. The molecule has 0 aliphatic carbocycles. The highest BCUT2D eigenvalue weighted by Gasteiger charge is 2.17. The molecule has 1 unspecified atom stereocenters. The van der Waals surface area contributed by atoms with Gasteiger partial charge >= 0.3 is 0 Å². The second kappa shape index (κ2) is 5.14. The van der Waals surface area contributed by atoms with Gasteiger partial charge in [0, 0.05) is 29.9 Å². The topological polar surface area (TPSA) is 67.2 Å². The molecule has 1 aliphatic heterocycles. The van der Waals surface area contributed by atoms with Crippen molar-refractivity contribution in [2.24, 2.45) is 0 Å². The second-order valence-corrected chi connectivity index (χ2v) is 4.39. The predicted molar refractivity (Wildman–Crippen MR) is 67.3 cm³/mol. The average Bonchev–Trinajstić information content (AvgIpc) is 2.33. The summed E-state index contributed by atoms with van der Waals surface area (Å²) >= 11 is 0. The minimum absolute atomic E-state index is 0.179. The molecule has 92 valence electrons. The molecule has 0 spiro atoms.